The summed E-state index contributed by atoms with van der Waals surface area (Å²) in [5, 5.41) is 11.1. The molecule has 3 aromatic rings. The summed E-state index contributed by atoms with van der Waals surface area (Å²) in [5.41, 5.74) is 2.66. The van der Waals surface area contributed by atoms with Crippen molar-refractivity contribution in [3.63, 3.8) is 0 Å². The van der Waals surface area contributed by atoms with E-state index in [4.69, 9.17) is 9.15 Å². The Hall–Kier alpha value is -3.80. The molecule has 6 heteroatoms. The van der Waals surface area contributed by atoms with Crippen LogP contribution in [0.2, 0.25) is 0 Å². The summed E-state index contributed by atoms with van der Waals surface area (Å²) < 4.78 is 10.9. The minimum Gasteiger partial charge on any atom is -0.507 e. The van der Waals surface area contributed by atoms with Crippen molar-refractivity contribution >= 4 is 23.1 Å². The van der Waals surface area contributed by atoms with Crippen molar-refractivity contribution in [3.8, 4) is 5.75 Å². The quantitative estimate of drug-likeness (QED) is 0.393. The van der Waals surface area contributed by atoms with Crippen LogP contribution >= 0.6 is 0 Å². The second-order valence-electron chi connectivity index (χ2n) is 7.17. The number of hydrogen-bond acceptors (Lipinski definition) is 5. The standard InChI is InChI=1S/C24H21NO5/c1-14-10-11-15(2)17(13-14)25-21(19-9-6-12-30-19)20(23(27)24(25)28)22(26)16-7-4-5-8-18(16)29-3/h4-13,21,26H,1-3H3/b22-20-. The molecule has 4 rings (SSSR count). The normalized spacial score (nSPS) is 18.1. The van der Waals surface area contributed by atoms with E-state index in [9.17, 15) is 14.7 Å². The molecule has 0 radical (unpaired) electrons. The maximum Gasteiger partial charge on any atom is 0.300 e. The van der Waals surface area contributed by atoms with Crippen molar-refractivity contribution in [2.75, 3.05) is 12.0 Å². The van der Waals surface area contributed by atoms with Crippen LogP contribution in [0.25, 0.3) is 5.76 Å². The molecule has 2 heterocycles. The third kappa shape index (κ3) is 3.06. The highest BCUT2D eigenvalue weighted by atomic mass is 16.5. The molecule has 1 unspecified atom stereocenters. The first-order chi connectivity index (χ1) is 14.4. The number of furan rings is 1. The lowest BCUT2D eigenvalue weighted by Gasteiger charge is -2.25. The molecule has 1 aromatic heterocycles. The minimum atomic E-state index is -0.898. The molecule has 152 valence electrons. The smallest absolute Gasteiger partial charge is 0.300 e. The number of para-hydroxylation sites is 1. The average Bonchev–Trinajstić information content (AvgIpc) is 3.36. The summed E-state index contributed by atoms with van der Waals surface area (Å²) >= 11 is 0. The number of hydrogen-bond donors (Lipinski definition) is 1. The number of carbonyl (C=O) groups is 2. The number of aryl methyl sites for hydroxylation is 2. The van der Waals surface area contributed by atoms with Crippen LogP contribution in [0.1, 0.15) is 28.5 Å². The van der Waals surface area contributed by atoms with Crippen molar-refractivity contribution in [1.29, 1.82) is 0 Å². The van der Waals surface area contributed by atoms with Gasteiger partial charge >= 0.3 is 0 Å². The van der Waals surface area contributed by atoms with Crippen LogP contribution in [0.15, 0.2) is 70.9 Å². The minimum absolute atomic E-state index is 0.0413. The highest BCUT2D eigenvalue weighted by Crippen LogP contribution is 2.44. The van der Waals surface area contributed by atoms with E-state index in [0.717, 1.165) is 11.1 Å². The van der Waals surface area contributed by atoms with Crippen LogP contribution in [-0.4, -0.2) is 23.9 Å². The van der Waals surface area contributed by atoms with Crippen LogP contribution in [0.5, 0.6) is 5.75 Å². The van der Waals surface area contributed by atoms with E-state index >= 15 is 0 Å². The number of rotatable bonds is 4. The Morgan fingerprint density at radius 2 is 1.83 bits per heavy atom. The number of amides is 1. The highest BCUT2D eigenvalue weighted by molar-refractivity contribution is 6.51. The second-order valence-corrected chi connectivity index (χ2v) is 7.17. The molecule has 1 N–H and O–H groups in total. The van der Waals surface area contributed by atoms with Crippen LogP contribution in [-0.2, 0) is 9.59 Å². The van der Waals surface area contributed by atoms with Gasteiger partial charge in [0.2, 0.25) is 0 Å². The number of aliphatic hydroxyl groups is 1. The maximum absolute atomic E-state index is 13.1. The molecule has 1 aliphatic rings. The lowest BCUT2D eigenvalue weighted by atomic mass is 9.98. The highest BCUT2D eigenvalue weighted by Gasteiger charge is 2.48. The molecule has 30 heavy (non-hydrogen) atoms. The van der Waals surface area contributed by atoms with E-state index < -0.39 is 17.7 Å². The van der Waals surface area contributed by atoms with Gasteiger partial charge in [-0.15, -0.1) is 0 Å². The van der Waals surface area contributed by atoms with Gasteiger partial charge in [-0.3, -0.25) is 14.5 Å². The number of aliphatic hydroxyl groups excluding tert-OH is 1. The van der Waals surface area contributed by atoms with Gasteiger partial charge in [-0.05, 0) is 55.3 Å². The van der Waals surface area contributed by atoms with Gasteiger partial charge in [0.25, 0.3) is 11.7 Å². The van der Waals surface area contributed by atoms with Crippen molar-refractivity contribution in [1.82, 2.24) is 0 Å². The lowest BCUT2D eigenvalue weighted by molar-refractivity contribution is -0.132. The molecule has 6 nitrogen and oxygen atoms in total. The Kier molecular flexibility index (Phi) is 4.91. The monoisotopic (exact) mass is 403 g/mol. The van der Waals surface area contributed by atoms with Gasteiger partial charge in [0.15, 0.2) is 0 Å². The number of benzene rings is 2. The zero-order valence-corrected chi connectivity index (χ0v) is 16.9. The van der Waals surface area contributed by atoms with Crippen LogP contribution in [0.4, 0.5) is 5.69 Å². The summed E-state index contributed by atoms with van der Waals surface area (Å²) in [4.78, 5) is 27.6. The molecule has 0 bridgehead atoms. The van der Waals surface area contributed by atoms with Gasteiger partial charge in [-0.1, -0.05) is 24.3 Å². The van der Waals surface area contributed by atoms with Crippen molar-refractivity contribution in [2.45, 2.75) is 19.9 Å². The first-order valence-corrected chi connectivity index (χ1v) is 9.49. The summed E-state index contributed by atoms with van der Waals surface area (Å²) in [6.45, 7) is 3.78. The molecule has 0 saturated carbocycles. The summed E-state index contributed by atoms with van der Waals surface area (Å²) in [5.74, 6) is -1.03. The fourth-order valence-electron chi connectivity index (χ4n) is 3.76. The number of anilines is 1. The zero-order chi connectivity index (χ0) is 21.4. The molecule has 2 aromatic carbocycles. The summed E-state index contributed by atoms with van der Waals surface area (Å²) in [6.07, 6.45) is 1.47. The second kappa shape index (κ2) is 7.55. The van der Waals surface area contributed by atoms with Gasteiger partial charge in [-0.2, -0.15) is 0 Å². The van der Waals surface area contributed by atoms with Crippen LogP contribution in [0, 0.1) is 13.8 Å². The molecule has 1 saturated heterocycles. The predicted octanol–water partition coefficient (Wildman–Crippen LogP) is 4.53. The van der Waals surface area contributed by atoms with Gasteiger partial charge in [0, 0.05) is 5.69 Å². The molecule has 1 atom stereocenters. The van der Waals surface area contributed by atoms with E-state index in [0.29, 0.717) is 22.8 Å². The van der Waals surface area contributed by atoms with Crippen LogP contribution < -0.4 is 9.64 Å². The molecule has 1 amide bonds. The van der Waals surface area contributed by atoms with E-state index in [-0.39, 0.29) is 11.3 Å². The maximum atomic E-state index is 13.1. The van der Waals surface area contributed by atoms with Crippen LogP contribution in [0.3, 0.4) is 0 Å². The largest absolute Gasteiger partial charge is 0.507 e. The fourth-order valence-corrected chi connectivity index (χ4v) is 3.76. The molecular formula is C24H21NO5. The lowest BCUT2D eigenvalue weighted by Crippen LogP contribution is -2.30. The first kappa shape index (κ1) is 19.5. The molecule has 0 spiro atoms. The molecule has 1 fully saturated rings. The number of Topliss-reactive ketones (excluding diaryl/α,β-unsaturated/α-hetero) is 1. The number of nitrogens with zero attached hydrogens (tertiary/aromatic N) is 1. The first-order valence-electron chi connectivity index (χ1n) is 9.49. The topological polar surface area (TPSA) is 80.0 Å². The van der Waals surface area contributed by atoms with E-state index in [1.165, 1.54) is 18.3 Å². The number of ether oxygens (including phenoxy) is 1. The van der Waals surface area contributed by atoms with Crippen molar-refractivity contribution < 1.29 is 23.8 Å². The van der Waals surface area contributed by atoms with Gasteiger partial charge < -0.3 is 14.3 Å². The van der Waals surface area contributed by atoms with E-state index in [1.54, 1.807) is 36.4 Å². The van der Waals surface area contributed by atoms with Crippen molar-refractivity contribution in [2.24, 2.45) is 0 Å². The van der Waals surface area contributed by atoms with Gasteiger partial charge in [0.05, 0.1) is 24.5 Å². The average molecular weight is 403 g/mol. The number of ketones is 1. The van der Waals surface area contributed by atoms with Gasteiger partial charge in [0.1, 0.15) is 23.3 Å². The van der Waals surface area contributed by atoms with Gasteiger partial charge in [-0.25, -0.2) is 0 Å². The predicted molar refractivity (Wildman–Crippen MR) is 112 cm³/mol. The number of methoxy groups -OCH3 is 1. The van der Waals surface area contributed by atoms with E-state index in [2.05, 4.69) is 0 Å². The Balaban J connectivity index is 1.98. The summed E-state index contributed by atoms with van der Waals surface area (Å²) in [6, 6.07) is 14.9. The zero-order valence-electron chi connectivity index (χ0n) is 16.9. The molecular weight excluding hydrogens is 382 g/mol. The Bertz CT molecular complexity index is 1160. The van der Waals surface area contributed by atoms with Crippen molar-refractivity contribution in [3.05, 3.63) is 88.9 Å². The fraction of sp³-hybridized carbons (Fsp3) is 0.167. The SMILES string of the molecule is COc1ccccc1/C(O)=C1/C(=O)C(=O)N(c2cc(C)ccc2C)C1c1ccco1. The molecule has 1 aliphatic heterocycles. The Morgan fingerprint density at radius 1 is 1.07 bits per heavy atom. The summed E-state index contributed by atoms with van der Waals surface area (Å²) in [7, 11) is 1.48. The third-order valence-corrected chi connectivity index (χ3v) is 5.24. The Morgan fingerprint density at radius 3 is 2.53 bits per heavy atom. The third-order valence-electron chi connectivity index (χ3n) is 5.24. The Labute approximate surface area is 174 Å². The van der Waals surface area contributed by atoms with E-state index in [1.807, 2.05) is 32.0 Å². The molecule has 0 aliphatic carbocycles. The number of carbonyl (C=O) groups excluding carboxylic acids is 2.